The second kappa shape index (κ2) is 4.69. The lowest BCUT2D eigenvalue weighted by atomic mass is 9.97. The SMILES string of the molecule is Cc1cc(C)c(C)c(N(C)CC(C)(C)O)c1C. The van der Waals surface area contributed by atoms with Gasteiger partial charge in [-0.3, -0.25) is 0 Å². The van der Waals surface area contributed by atoms with Crippen molar-refractivity contribution in [2.24, 2.45) is 0 Å². The molecule has 0 atom stereocenters. The highest BCUT2D eigenvalue weighted by Crippen LogP contribution is 2.30. The number of benzene rings is 1. The van der Waals surface area contributed by atoms with Gasteiger partial charge in [0.15, 0.2) is 0 Å². The zero-order valence-electron chi connectivity index (χ0n) is 12.2. The van der Waals surface area contributed by atoms with Gasteiger partial charge in [-0.25, -0.2) is 0 Å². The molecule has 1 aromatic rings. The van der Waals surface area contributed by atoms with E-state index in [1.807, 2.05) is 20.9 Å². The van der Waals surface area contributed by atoms with Gasteiger partial charge in [0.25, 0.3) is 0 Å². The number of anilines is 1. The van der Waals surface area contributed by atoms with Crippen molar-refractivity contribution < 1.29 is 5.11 Å². The van der Waals surface area contributed by atoms with Gasteiger partial charge in [-0.05, 0) is 63.8 Å². The van der Waals surface area contributed by atoms with E-state index in [9.17, 15) is 5.11 Å². The summed E-state index contributed by atoms with van der Waals surface area (Å²) < 4.78 is 0. The minimum absolute atomic E-state index is 0.636. The zero-order valence-corrected chi connectivity index (χ0v) is 12.2. The second-order valence-corrected chi connectivity index (χ2v) is 5.78. The first-order valence-electron chi connectivity index (χ1n) is 6.14. The molecule has 0 heterocycles. The summed E-state index contributed by atoms with van der Waals surface area (Å²) in [6, 6.07) is 2.23. The Labute approximate surface area is 105 Å². The van der Waals surface area contributed by atoms with Crippen LogP contribution in [0.15, 0.2) is 6.07 Å². The van der Waals surface area contributed by atoms with E-state index in [0.717, 1.165) is 0 Å². The lowest BCUT2D eigenvalue weighted by Crippen LogP contribution is -2.37. The van der Waals surface area contributed by atoms with Gasteiger partial charge in [-0.1, -0.05) is 6.07 Å². The van der Waals surface area contributed by atoms with Crippen molar-refractivity contribution in [3.8, 4) is 0 Å². The van der Waals surface area contributed by atoms with Crippen molar-refractivity contribution in [2.45, 2.75) is 47.1 Å². The Morgan fingerprint density at radius 2 is 1.47 bits per heavy atom. The lowest BCUT2D eigenvalue weighted by molar-refractivity contribution is 0.0886. The van der Waals surface area contributed by atoms with Crippen LogP contribution in [0.2, 0.25) is 0 Å². The van der Waals surface area contributed by atoms with Gasteiger partial charge in [0, 0.05) is 19.3 Å². The molecule has 0 fully saturated rings. The average molecular weight is 235 g/mol. The summed E-state index contributed by atoms with van der Waals surface area (Å²) in [6.07, 6.45) is 0. The highest BCUT2D eigenvalue weighted by Gasteiger charge is 2.19. The molecule has 1 rings (SSSR count). The Morgan fingerprint density at radius 3 is 1.82 bits per heavy atom. The van der Waals surface area contributed by atoms with E-state index >= 15 is 0 Å². The third kappa shape index (κ3) is 3.22. The molecular formula is C15H25NO. The van der Waals surface area contributed by atoms with Crippen molar-refractivity contribution >= 4 is 5.69 Å². The molecule has 96 valence electrons. The standard InChI is InChI=1S/C15H25NO/c1-10-8-11(2)13(4)14(12(10)3)16(7)9-15(5,6)17/h8,17H,9H2,1-7H3. The average Bonchev–Trinajstić information content (AvgIpc) is 2.12. The molecule has 1 N–H and O–H groups in total. The molecule has 0 bridgehead atoms. The monoisotopic (exact) mass is 235 g/mol. The van der Waals surface area contributed by atoms with Crippen LogP contribution in [-0.2, 0) is 0 Å². The number of nitrogens with zero attached hydrogens (tertiary/aromatic N) is 1. The highest BCUT2D eigenvalue weighted by molar-refractivity contribution is 5.63. The fourth-order valence-corrected chi connectivity index (χ4v) is 2.43. The predicted molar refractivity (Wildman–Crippen MR) is 75.0 cm³/mol. The topological polar surface area (TPSA) is 23.5 Å². The molecular weight excluding hydrogens is 210 g/mol. The van der Waals surface area contributed by atoms with Gasteiger partial charge >= 0.3 is 0 Å². The van der Waals surface area contributed by atoms with E-state index < -0.39 is 5.60 Å². The smallest absolute Gasteiger partial charge is 0.0765 e. The molecule has 0 aliphatic rings. The third-order valence-corrected chi connectivity index (χ3v) is 3.33. The first kappa shape index (κ1) is 14.0. The zero-order chi connectivity index (χ0) is 13.4. The Morgan fingerprint density at radius 1 is 1.06 bits per heavy atom. The number of hydrogen-bond acceptors (Lipinski definition) is 2. The summed E-state index contributed by atoms with van der Waals surface area (Å²) in [4.78, 5) is 2.16. The molecule has 0 unspecified atom stereocenters. The van der Waals surface area contributed by atoms with Gasteiger partial charge in [0.1, 0.15) is 0 Å². The van der Waals surface area contributed by atoms with Crippen LogP contribution in [0.3, 0.4) is 0 Å². The Balaban J connectivity index is 3.21. The van der Waals surface area contributed by atoms with Crippen LogP contribution in [0.5, 0.6) is 0 Å². The van der Waals surface area contributed by atoms with E-state index in [-0.39, 0.29) is 0 Å². The van der Waals surface area contributed by atoms with Crippen LogP contribution in [-0.4, -0.2) is 24.3 Å². The van der Waals surface area contributed by atoms with E-state index in [4.69, 9.17) is 0 Å². The summed E-state index contributed by atoms with van der Waals surface area (Å²) in [5.41, 5.74) is 5.81. The van der Waals surface area contributed by atoms with Crippen molar-refractivity contribution in [1.82, 2.24) is 0 Å². The summed E-state index contributed by atoms with van der Waals surface area (Å²) in [7, 11) is 2.05. The summed E-state index contributed by atoms with van der Waals surface area (Å²) in [5, 5.41) is 9.93. The molecule has 0 radical (unpaired) electrons. The number of hydrogen-bond donors (Lipinski definition) is 1. The van der Waals surface area contributed by atoms with Gasteiger partial charge < -0.3 is 10.0 Å². The van der Waals surface area contributed by atoms with Crippen molar-refractivity contribution in [3.05, 3.63) is 28.3 Å². The molecule has 1 aromatic carbocycles. The first-order valence-corrected chi connectivity index (χ1v) is 6.14. The maximum Gasteiger partial charge on any atom is 0.0765 e. The summed E-state index contributed by atoms with van der Waals surface area (Å²) in [5.74, 6) is 0. The van der Waals surface area contributed by atoms with E-state index in [1.165, 1.54) is 27.9 Å². The number of rotatable bonds is 3. The van der Waals surface area contributed by atoms with Gasteiger partial charge in [0.05, 0.1) is 5.60 Å². The third-order valence-electron chi connectivity index (χ3n) is 3.33. The molecule has 0 aromatic heterocycles. The Bertz CT molecular complexity index is 390. The largest absolute Gasteiger partial charge is 0.389 e. The lowest BCUT2D eigenvalue weighted by Gasteiger charge is -2.31. The molecule has 0 spiro atoms. The Hall–Kier alpha value is -1.02. The van der Waals surface area contributed by atoms with Crippen LogP contribution >= 0.6 is 0 Å². The van der Waals surface area contributed by atoms with Crippen molar-refractivity contribution in [1.29, 1.82) is 0 Å². The maximum absolute atomic E-state index is 9.93. The minimum Gasteiger partial charge on any atom is -0.389 e. The second-order valence-electron chi connectivity index (χ2n) is 5.78. The number of likely N-dealkylation sites (N-methyl/N-ethyl adjacent to an activating group) is 1. The van der Waals surface area contributed by atoms with Crippen LogP contribution in [0.1, 0.15) is 36.1 Å². The van der Waals surface area contributed by atoms with Gasteiger partial charge in [-0.15, -0.1) is 0 Å². The fourth-order valence-electron chi connectivity index (χ4n) is 2.43. The molecule has 2 nitrogen and oxygen atoms in total. The van der Waals surface area contributed by atoms with Crippen LogP contribution in [0, 0.1) is 27.7 Å². The fraction of sp³-hybridized carbons (Fsp3) is 0.600. The molecule has 0 amide bonds. The molecule has 0 saturated heterocycles. The summed E-state index contributed by atoms with van der Waals surface area (Å²) in [6.45, 7) is 12.9. The van der Waals surface area contributed by atoms with Crippen LogP contribution in [0.25, 0.3) is 0 Å². The van der Waals surface area contributed by atoms with Gasteiger partial charge in [0.2, 0.25) is 0 Å². The molecule has 2 heteroatoms. The number of aliphatic hydroxyl groups is 1. The number of aryl methyl sites for hydroxylation is 2. The molecule has 17 heavy (non-hydrogen) atoms. The van der Waals surface area contributed by atoms with Crippen LogP contribution in [0.4, 0.5) is 5.69 Å². The highest BCUT2D eigenvalue weighted by atomic mass is 16.3. The van der Waals surface area contributed by atoms with E-state index in [2.05, 4.69) is 38.7 Å². The predicted octanol–water partition coefficient (Wildman–Crippen LogP) is 3.13. The van der Waals surface area contributed by atoms with E-state index in [0.29, 0.717) is 6.54 Å². The maximum atomic E-state index is 9.93. The Kier molecular flexibility index (Phi) is 3.88. The first-order chi connectivity index (χ1) is 7.63. The minimum atomic E-state index is -0.675. The van der Waals surface area contributed by atoms with Crippen molar-refractivity contribution in [3.63, 3.8) is 0 Å². The quantitative estimate of drug-likeness (QED) is 0.870. The summed E-state index contributed by atoms with van der Waals surface area (Å²) >= 11 is 0. The van der Waals surface area contributed by atoms with Crippen molar-refractivity contribution in [2.75, 3.05) is 18.5 Å². The van der Waals surface area contributed by atoms with Gasteiger partial charge in [-0.2, -0.15) is 0 Å². The normalized spacial score (nSPS) is 11.8. The molecule has 0 aliphatic heterocycles. The molecule has 0 saturated carbocycles. The molecule has 0 aliphatic carbocycles. The van der Waals surface area contributed by atoms with E-state index in [1.54, 1.807) is 0 Å². The van der Waals surface area contributed by atoms with Crippen LogP contribution < -0.4 is 4.90 Å².